The second-order valence-corrected chi connectivity index (χ2v) is 8.58. The SMILES string of the molecule is CC(=O)O[C@H]1CC[C@H]2[C@@H]3CCC4=C(C[C@H](F)C(=O)C4)[C@H]3CC[C@]12C. The Morgan fingerprint density at radius 2 is 2.04 bits per heavy atom. The summed E-state index contributed by atoms with van der Waals surface area (Å²) in [6.45, 7) is 3.79. The average molecular weight is 334 g/mol. The summed E-state index contributed by atoms with van der Waals surface area (Å²) in [7, 11) is 0. The van der Waals surface area contributed by atoms with Crippen LogP contribution in [0, 0.1) is 23.2 Å². The van der Waals surface area contributed by atoms with Crippen molar-refractivity contribution in [2.24, 2.45) is 23.2 Å². The van der Waals surface area contributed by atoms with Crippen LogP contribution < -0.4 is 0 Å². The maximum Gasteiger partial charge on any atom is 0.302 e. The largest absolute Gasteiger partial charge is 0.462 e. The minimum absolute atomic E-state index is 0.0400. The molecule has 0 spiro atoms. The van der Waals surface area contributed by atoms with Gasteiger partial charge in [-0.2, -0.15) is 0 Å². The first-order valence-corrected chi connectivity index (χ1v) is 9.45. The molecule has 2 saturated carbocycles. The van der Waals surface area contributed by atoms with Crippen LogP contribution in [0.3, 0.4) is 0 Å². The molecule has 2 fully saturated rings. The Kier molecular flexibility index (Phi) is 3.85. The van der Waals surface area contributed by atoms with Gasteiger partial charge in [0.2, 0.25) is 0 Å². The quantitative estimate of drug-likeness (QED) is 0.534. The second-order valence-electron chi connectivity index (χ2n) is 8.58. The topological polar surface area (TPSA) is 43.4 Å². The predicted molar refractivity (Wildman–Crippen MR) is 88.0 cm³/mol. The summed E-state index contributed by atoms with van der Waals surface area (Å²) >= 11 is 0. The normalized spacial score (nSPS) is 44.6. The van der Waals surface area contributed by atoms with Crippen LogP contribution in [0.2, 0.25) is 0 Å². The Morgan fingerprint density at radius 1 is 1.25 bits per heavy atom. The molecule has 4 rings (SSSR count). The van der Waals surface area contributed by atoms with Crippen molar-refractivity contribution in [3.8, 4) is 0 Å². The van der Waals surface area contributed by atoms with Gasteiger partial charge < -0.3 is 4.74 Å². The fraction of sp³-hybridized carbons (Fsp3) is 0.800. The molecular weight excluding hydrogens is 307 g/mol. The number of carbonyl (C=O) groups excluding carboxylic acids is 2. The van der Waals surface area contributed by atoms with Crippen LogP contribution in [0.1, 0.15) is 65.2 Å². The number of hydrogen-bond acceptors (Lipinski definition) is 3. The highest BCUT2D eigenvalue weighted by Gasteiger charge is 2.56. The lowest BCUT2D eigenvalue weighted by Crippen LogP contribution is -2.46. The molecule has 132 valence electrons. The Labute approximate surface area is 143 Å². The molecular formula is C20H27FO3. The maximum atomic E-state index is 14.0. The predicted octanol–water partition coefficient (Wildman–Crippen LogP) is 4.15. The Bertz CT molecular complexity index is 610. The summed E-state index contributed by atoms with van der Waals surface area (Å²) in [5.74, 6) is 1.19. The molecule has 4 aliphatic rings. The van der Waals surface area contributed by atoms with Crippen LogP contribution in [0.25, 0.3) is 0 Å². The number of ketones is 1. The van der Waals surface area contributed by atoms with Crippen LogP contribution >= 0.6 is 0 Å². The highest BCUT2D eigenvalue weighted by molar-refractivity contribution is 5.87. The highest BCUT2D eigenvalue weighted by Crippen LogP contribution is 2.61. The van der Waals surface area contributed by atoms with Crippen LogP contribution in [-0.4, -0.2) is 24.0 Å². The lowest BCUT2D eigenvalue weighted by molar-refractivity contribution is -0.155. The van der Waals surface area contributed by atoms with E-state index in [1.807, 2.05) is 0 Å². The van der Waals surface area contributed by atoms with Gasteiger partial charge in [0.1, 0.15) is 6.10 Å². The Morgan fingerprint density at radius 3 is 2.79 bits per heavy atom. The molecule has 0 aromatic heterocycles. The van der Waals surface area contributed by atoms with Crippen molar-refractivity contribution in [3.05, 3.63) is 11.1 Å². The summed E-state index contributed by atoms with van der Waals surface area (Å²) in [6.07, 6.45) is 5.67. The van der Waals surface area contributed by atoms with Crippen molar-refractivity contribution in [1.82, 2.24) is 0 Å². The van der Waals surface area contributed by atoms with Gasteiger partial charge >= 0.3 is 5.97 Å². The van der Waals surface area contributed by atoms with Gasteiger partial charge in [-0.15, -0.1) is 0 Å². The molecule has 0 bridgehead atoms. The number of ether oxygens (including phenoxy) is 1. The Hall–Kier alpha value is -1.19. The number of esters is 1. The number of allylic oxidation sites excluding steroid dienone is 2. The molecule has 0 radical (unpaired) electrons. The lowest BCUT2D eigenvalue weighted by Gasteiger charge is -2.51. The first-order chi connectivity index (χ1) is 11.4. The van der Waals surface area contributed by atoms with Gasteiger partial charge in [-0.05, 0) is 56.3 Å². The van der Waals surface area contributed by atoms with E-state index >= 15 is 0 Å². The first-order valence-electron chi connectivity index (χ1n) is 9.45. The molecule has 0 aromatic carbocycles. The molecule has 4 aliphatic carbocycles. The number of rotatable bonds is 1. The Balaban J connectivity index is 1.59. The van der Waals surface area contributed by atoms with E-state index in [4.69, 9.17) is 4.74 Å². The second kappa shape index (κ2) is 5.67. The zero-order valence-corrected chi connectivity index (χ0v) is 14.6. The fourth-order valence-electron chi connectivity index (χ4n) is 6.36. The molecule has 0 amide bonds. The van der Waals surface area contributed by atoms with E-state index in [2.05, 4.69) is 6.92 Å². The molecule has 4 heteroatoms. The van der Waals surface area contributed by atoms with Gasteiger partial charge in [0, 0.05) is 25.2 Å². The van der Waals surface area contributed by atoms with Gasteiger partial charge in [-0.25, -0.2) is 4.39 Å². The van der Waals surface area contributed by atoms with E-state index < -0.39 is 6.17 Å². The highest BCUT2D eigenvalue weighted by atomic mass is 19.1. The van der Waals surface area contributed by atoms with E-state index in [-0.39, 0.29) is 23.3 Å². The van der Waals surface area contributed by atoms with Crippen molar-refractivity contribution in [3.63, 3.8) is 0 Å². The molecule has 0 N–H and O–H groups in total. The van der Waals surface area contributed by atoms with Crippen molar-refractivity contribution in [1.29, 1.82) is 0 Å². The third kappa shape index (κ3) is 2.36. The molecule has 3 nitrogen and oxygen atoms in total. The minimum atomic E-state index is -1.28. The third-order valence-electron chi connectivity index (χ3n) is 7.48. The van der Waals surface area contributed by atoms with Gasteiger partial charge in [-0.1, -0.05) is 18.1 Å². The number of fused-ring (bicyclic) bond motifs is 4. The van der Waals surface area contributed by atoms with E-state index in [9.17, 15) is 14.0 Å². The van der Waals surface area contributed by atoms with E-state index in [1.165, 1.54) is 18.1 Å². The standard InChI is InChI=1S/C20H27FO3/c1-11(22)24-19-6-5-16-14-4-3-12-9-18(23)17(21)10-15(12)13(14)7-8-20(16,19)2/h13-14,16-17,19H,3-10H2,1-2H3/t13-,14+,16-,17-,19-,20-/m0/s1. The van der Waals surface area contributed by atoms with Crippen LogP contribution in [0.15, 0.2) is 11.1 Å². The number of hydrogen-bond donors (Lipinski definition) is 0. The van der Waals surface area contributed by atoms with E-state index in [0.29, 0.717) is 30.6 Å². The molecule has 0 aliphatic heterocycles. The van der Waals surface area contributed by atoms with Gasteiger partial charge in [0.05, 0.1) is 0 Å². The maximum absolute atomic E-state index is 14.0. The van der Waals surface area contributed by atoms with Gasteiger partial charge in [0.25, 0.3) is 0 Å². The smallest absolute Gasteiger partial charge is 0.302 e. The summed E-state index contributed by atoms with van der Waals surface area (Å²) in [4.78, 5) is 23.2. The molecule has 0 heterocycles. The number of carbonyl (C=O) groups is 2. The van der Waals surface area contributed by atoms with Crippen molar-refractivity contribution < 1.29 is 18.7 Å². The van der Waals surface area contributed by atoms with Crippen LogP contribution in [0.4, 0.5) is 4.39 Å². The minimum Gasteiger partial charge on any atom is -0.462 e. The number of Topliss-reactive ketones (excluding diaryl/α,β-unsaturated/α-hetero) is 1. The van der Waals surface area contributed by atoms with E-state index in [0.717, 1.165) is 38.5 Å². The number of alkyl halides is 1. The summed E-state index contributed by atoms with van der Waals surface area (Å²) in [6, 6.07) is 0. The summed E-state index contributed by atoms with van der Waals surface area (Å²) in [5, 5.41) is 0. The molecule has 0 aromatic rings. The number of halogens is 1. The average Bonchev–Trinajstić information content (AvgIpc) is 2.85. The summed E-state index contributed by atoms with van der Waals surface area (Å²) < 4.78 is 19.7. The molecule has 0 unspecified atom stereocenters. The third-order valence-corrected chi connectivity index (χ3v) is 7.48. The monoisotopic (exact) mass is 334 g/mol. The lowest BCUT2D eigenvalue weighted by atomic mass is 9.54. The molecule has 6 atom stereocenters. The first kappa shape index (κ1) is 16.3. The zero-order valence-electron chi connectivity index (χ0n) is 14.6. The summed E-state index contributed by atoms with van der Waals surface area (Å²) in [5.41, 5.74) is 2.59. The molecule has 24 heavy (non-hydrogen) atoms. The van der Waals surface area contributed by atoms with E-state index in [1.54, 1.807) is 0 Å². The zero-order chi connectivity index (χ0) is 17.1. The molecule has 0 saturated heterocycles. The van der Waals surface area contributed by atoms with Crippen molar-refractivity contribution in [2.45, 2.75) is 77.5 Å². The van der Waals surface area contributed by atoms with Crippen molar-refractivity contribution in [2.75, 3.05) is 0 Å². The van der Waals surface area contributed by atoms with Crippen molar-refractivity contribution >= 4 is 11.8 Å². The fourth-order valence-corrected chi connectivity index (χ4v) is 6.36. The van der Waals surface area contributed by atoms with Gasteiger partial charge in [-0.3, -0.25) is 9.59 Å². The van der Waals surface area contributed by atoms with Crippen LogP contribution in [-0.2, 0) is 14.3 Å². The van der Waals surface area contributed by atoms with Gasteiger partial charge in [0.15, 0.2) is 12.0 Å². The van der Waals surface area contributed by atoms with Crippen LogP contribution in [0.5, 0.6) is 0 Å².